The van der Waals surface area contributed by atoms with E-state index in [1.807, 2.05) is 44.4 Å². The van der Waals surface area contributed by atoms with Gasteiger partial charge in [0.05, 0.1) is 13.7 Å². The van der Waals surface area contributed by atoms with Crippen LogP contribution in [0, 0.1) is 0 Å². The first kappa shape index (κ1) is 28.9. The summed E-state index contributed by atoms with van der Waals surface area (Å²) in [6.45, 7) is 12.7. The normalized spacial score (nSPS) is 18.0. The molecule has 1 aromatic rings. The third kappa shape index (κ3) is 8.10. The number of piperidine rings is 1. The number of ether oxygens (including phenoxy) is 3. The molecule has 1 heterocycles. The fourth-order valence-electron chi connectivity index (χ4n) is 4.75. The Bertz CT molecular complexity index is 806. The minimum absolute atomic E-state index is 0.0253. The zero-order valence-electron chi connectivity index (χ0n) is 22.6. The molecule has 2 unspecified atom stereocenters. The first-order chi connectivity index (χ1) is 16.7. The number of hydrogen-bond acceptors (Lipinski definition) is 6. The topological polar surface area (TPSA) is 80.3 Å². The van der Waals surface area contributed by atoms with Crippen molar-refractivity contribution in [3.05, 3.63) is 23.8 Å². The number of carbonyl (C=O) groups is 2. The monoisotopic (exact) mass is 491 g/mol. The lowest BCUT2D eigenvalue weighted by Gasteiger charge is -2.40. The average molecular weight is 492 g/mol. The smallest absolute Gasteiger partial charge is 0.254 e. The van der Waals surface area contributed by atoms with Crippen LogP contribution in [0.15, 0.2) is 18.2 Å². The molecule has 198 valence electrons. The second-order valence-corrected chi connectivity index (χ2v) is 9.68. The summed E-state index contributed by atoms with van der Waals surface area (Å²) in [5.74, 6) is 1.32. The molecule has 2 atom stereocenters. The molecular weight excluding hydrogens is 446 g/mol. The average Bonchev–Trinajstić information content (AvgIpc) is 2.82. The molecule has 35 heavy (non-hydrogen) atoms. The van der Waals surface area contributed by atoms with Gasteiger partial charge in [-0.25, -0.2) is 0 Å². The van der Waals surface area contributed by atoms with Gasteiger partial charge in [-0.3, -0.25) is 9.59 Å². The molecule has 1 aromatic carbocycles. The van der Waals surface area contributed by atoms with E-state index in [-0.39, 0.29) is 36.0 Å². The van der Waals surface area contributed by atoms with Crippen molar-refractivity contribution < 1.29 is 23.8 Å². The molecule has 0 saturated carbocycles. The summed E-state index contributed by atoms with van der Waals surface area (Å²) >= 11 is 0. The van der Waals surface area contributed by atoms with Gasteiger partial charge in [0.2, 0.25) is 5.91 Å². The van der Waals surface area contributed by atoms with Gasteiger partial charge in [-0.15, -0.1) is 0 Å². The highest BCUT2D eigenvalue weighted by atomic mass is 16.5. The largest absolute Gasteiger partial charge is 0.493 e. The molecular formula is C27H45N3O5. The summed E-state index contributed by atoms with van der Waals surface area (Å²) in [7, 11) is 3.25. The van der Waals surface area contributed by atoms with E-state index in [0.717, 1.165) is 25.8 Å². The number of hydrogen-bond donors (Lipinski definition) is 1. The third-order valence-corrected chi connectivity index (χ3v) is 6.54. The van der Waals surface area contributed by atoms with Crippen LogP contribution in [0.1, 0.15) is 70.7 Å². The van der Waals surface area contributed by atoms with E-state index in [4.69, 9.17) is 14.2 Å². The first-order valence-corrected chi connectivity index (χ1v) is 12.9. The van der Waals surface area contributed by atoms with Crippen molar-refractivity contribution in [2.24, 2.45) is 0 Å². The number of carbonyl (C=O) groups excluding carboxylic acids is 2. The molecule has 0 aliphatic carbocycles. The molecule has 0 bridgehead atoms. The maximum Gasteiger partial charge on any atom is 0.254 e. The summed E-state index contributed by atoms with van der Waals surface area (Å²) in [5.41, 5.74) is 0.578. The van der Waals surface area contributed by atoms with Crippen molar-refractivity contribution in [2.45, 2.75) is 84.5 Å². The molecule has 8 nitrogen and oxygen atoms in total. The summed E-state index contributed by atoms with van der Waals surface area (Å²) in [6.07, 6.45) is 2.97. The number of amides is 2. The van der Waals surface area contributed by atoms with Gasteiger partial charge in [0.15, 0.2) is 11.5 Å². The lowest BCUT2D eigenvalue weighted by atomic mass is 9.95. The van der Waals surface area contributed by atoms with Gasteiger partial charge in [0.25, 0.3) is 5.91 Å². The van der Waals surface area contributed by atoms with Gasteiger partial charge in [-0.1, -0.05) is 0 Å². The maximum absolute atomic E-state index is 13.6. The number of rotatable bonds is 13. The van der Waals surface area contributed by atoms with Crippen LogP contribution in [0.25, 0.3) is 0 Å². The third-order valence-electron chi connectivity index (χ3n) is 6.54. The zero-order chi connectivity index (χ0) is 26.0. The van der Waals surface area contributed by atoms with Crippen molar-refractivity contribution in [2.75, 3.05) is 40.5 Å². The van der Waals surface area contributed by atoms with Crippen molar-refractivity contribution in [3.8, 4) is 11.5 Å². The summed E-state index contributed by atoms with van der Waals surface area (Å²) in [5, 5.41) is 3.53. The Labute approximate surface area is 211 Å². The molecule has 8 heteroatoms. The predicted molar refractivity (Wildman–Crippen MR) is 138 cm³/mol. The Kier molecular flexibility index (Phi) is 11.8. The number of methoxy groups -OCH3 is 2. The van der Waals surface area contributed by atoms with Crippen molar-refractivity contribution in [1.82, 2.24) is 15.1 Å². The Hall–Kier alpha value is -2.32. The van der Waals surface area contributed by atoms with Crippen LogP contribution in [-0.4, -0.2) is 86.3 Å². The van der Waals surface area contributed by atoms with Crippen LogP contribution in [0.2, 0.25) is 0 Å². The number of nitrogens with zero attached hydrogens (tertiary/aromatic N) is 2. The predicted octanol–water partition coefficient (Wildman–Crippen LogP) is 3.73. The molecule has 1 saturated heterocycles. The number of nitrogens with one attached hydrogen (secondary N) is 1. The SMILES string of the molecule is CCN(C(=O)CC1CCC(N(C(=O)c2ccc(OC)c(OCCCOC)c2)C(C)C)CN1)C(C)C. The quantitative estimate of drug-likeness (QED) is 0.424. The van der Waals surface area contributed by atoms with Gasteiger partial charge < -0.3 is 29.3 Å². The lowest BCUT2D eigenvalue weighted by Crippen LogP contribution is -2.54. The highest BCUT2D eigenvalue weighted by Crippen LogP contribution is 2.30. The zero-order valence-corrected chi connectivity index (χ0v) is 22.6. The van der Waals surface area contributed by atoms with E-state index >= 15 is 0 Å². The molecule has 0 aromatic heterocycles. The Morgan fingerprint density at radius 2 is 1.80 bits per heavy atom. The standard InChI is InChI=1S/C27H45N3O5/c1-8-29(19(2)3)26(31)17-22-11-12-23(18-28-22)30(20(4)5)27(32)21-10-13-24(34-7)25(16-21)35-15-9-14-33-6/h10,13,16,19-20,22-23,28H,8-9,11-12,14-15,17-18H2,1-7H3. The Balaban J connectivity index is 2.06. The van der Waals surface area contributed by atoms with Gasteiger partial charge in [0, 0.05) is 69.4 Å². The molecule has 2 rings (SSSR count). The fraction of sp³-hybridized carbons (Fsp3) is 0.704. The van der Waals surface area contributed by atoms with Crippen molar-refractivity contribution in [1.29, 1.82) is 0 Å². The minimum atomic E-state index is -0.0253. The fourth-order valence-corrected chi connectivity index (χ4v) is 4.75. The van der Waals surface area contributed by atoms with Crippen LogP contribution in [0.4, 0.5) is 0 Å². The van der Waals surface area contributed by atoms with Crippen LogP contribution < -0.4 is 14.8 Å². The molecule has 1 aliphatic rings. The van der Waals surface area contributed by atoms with E-state index in [9.17, 15) is 9.59 Å². The van der Waals surface area contributed by atoms with Crippen molar-refractivity contribution in [3.63, 3.8) is 0 Å². The van der Waals surface area contributed by atoms with Crippen LogP contribution in [0.5, 0.6) is 11.5 Å². The molecule has 0 spiro atoms. The Morgan fingerprint density at radius 1 is 1.06 bits per heavy atom. The van der Waals surface area contributed by atoms with Crippen LogP contribution in [-0.2, 0) is 9.53 Å². The Morgan fingerprint density at radius 3 is 2.34 bits per heavy atom. The second-order valence-electron chi connectivity index (χ2n) is 9.68. The van der Waals surface area contributed by atoms with E-state index in [0.29, 0.717) is 43.2 Å². The summed E-state index contributed by atoms with van der Waals surface area (Å²) in [6, 6.07) is 5.80. The van der Waals surface area contributed by atoms with Gasteiger partial charge in [-0.2, -0.15) is 0 Å². The minimum Gasteiger partial charge on any atom is -0.493 e. The van der Waals surface area contributed by atoms with Gasteiger partial charge in [0.1, 0.15) is 0 Å². The van der Waals surface area contributed by atoms with Gasteiger partial charge in [-0.05, 0) is 65.7 Å². The van der Waals surface area contributed by atoms with Crippen LogP contribution in [0.3, 0.4) is 0 Å². The maximum atomic E-state index is 13.6. The lowest BCUT2D eigenvalue weighted by molar-refractivity contribution is -0.133. The highest BCUT2D eigenvalue weighted by molar-refractivity contribution is 5.95. The second kappa shape index (κ2) is 14.3. The first-order valence-electron chi connectivity index (χ1n) is 12.9. The number of benzene rings is 1. The van der Waals surface area contributed by atoms with E-state index in [2.05, 4.69) is 5.32 Å². The van der Waals surface area contributed by atoms with Gasteiger partial charge >= 0.3 is 0 Å². The molecule has 0 radical (unpaired) electrons. The van der Waals surface area contributed by atoms with E-state index in [1.165, 1.54) is 0 Å². The van der Waals surface area contributed by atoms with Crippen molar-refractivity contribution >= 4 is 11.8 Å². The molecule has 2 amide bonds. The highest BCUT2D eigenvalue weighted by Gasteiger charge is 2.32. The molecule has 1 fully saturated rings. The van der Waals surface area contributed by atoms with Crippen LogP contribution >= 0.6 is 0 Å². The summed E-state index contributed by atoms with van der Waals surface area (Å²) in [4.78, 5) is 30.2. The van der Waals surface area contributed by atoms with E-state index < -0.39 is 0 Å². The molecule has 1 aliphatic heterocycles. The summed E-state index contributed by atoms with van der Waals surface area (Å²) < 4.78 is 16.4. The van der Waals surface area contributed by atoms with E-state index in [1.54, 1.807) is 32.4 Å². The molecule has 1 N–H and O–H groups in total.